The molecule has 0 radical (unpaired) electrons. The van der Waals surface area contributed by atoms with Gasteiger partial charge in [-0.1, -0.05) is 29.3 Å². The van der Waals surface area contributed by atoms with Crippen LogP contribution in [-0.2, 0) is 44.8 Å². The summed E-state index contributed by atoms with van der Waals surface area (Å²) < 4.78 is 52.3. The van der Waals surface area contributed by atoms with Crippen molar-refractivity contribution in [3.05, 3.63) is 136 Å². The van der Waals surface area contributed by atoms with Gasteiger partial charge in [-0.2, -0.15) is 18.3 Å². The summed E-state index contributed by atoms with van der Waals surface area (Å²) in [5, 5.41) is 20.5. The van der Waals surface area contributed by atoms with Crippen LogP contribution in [0.25, 0.3) is 5.65 Å². The Morgan fingerprint density at radius 1 is 0.945 bits per heavy atom. The number of fused-ring (bicyclic) bond motifs is 2. The van der Waals surface area contributed by atoms with E-state index in [1.165, 1.54) is 18.2 Å². The molecule has 2 fully saturated rings. The molecule has 3 aliphatic rings. The van der Waals surface area contributed by atoms with Crippen molar-refractivity contribution < 1.29 is 46.7 Å². The van der Waals surface area contributed by atoms with Crippen LogP contribution in [0.4, 0.5) is 24.5 Å². The van der Waals surface area contributed by atoms with Crippen LogP contribution >= 0.6 is 0 Å². The maximum absolute atomic E-state index is 14.4. The largest absolute Gasteiger partial charge is 0.416 e. The lowest BCUT2D eigenvalue weighted by Gasteiger charge is -2.35. The highest BCUT2D eigenvalue weighted by Crippen LogP contribution is 2.35. The maximum Gasteiger partial charge on any atom is 0.416 e. The van der Waals surface area contributed by atoms with E-state index in [2.05, 4.69) is 48.2 Å². The number of piperidine rings is 1. The number of nitrogens with one attached hydrogen (secondary N) is 3. The third-order valence-electron chi connectivity index (χ3n) is 12.8. The van der Waals surface area contributed by atoms with Gasteiger partial charge in [0.05, 0.1) is 48.3 Å². The number of aryl methyl sites for hydroxylation is 2. The van der Waals surface area contributed by atoms with Crippen molar-refractivity contribution in [1.82, 2.24) is 49.6 Å². The molecule has 0 spiro atoms. The molecule has 19 nitrogen and oxygen atoms in total. The van der Waals surface area contributed by atoms with E-state index in [9.17, 15) is 41.9 Å². The fraction of sp³-hybridized carbons (Fsp3) is 0.333. The fourth-order valence-electron chi connectivity index (χ4n) is 8.92. The number of piperazine rings is 1. The third-order valence-corrected chi connectivity index (χ3v) is 12.8. The number of anilines is 2. The van der Waals surface area contributed by atoms with Gasteiger partial charge in [0, 0.05) is 87.0 Å². The Balaban J connectivity index is 0.684. The summed E-state index contributed by atoms with van der Waals surface area (Å²) in [5.74, 6) is 3.14. The summed E-state index contributed by atoms with van der Waals surface area (Å²) in [4.78, 5) is 85.7. The number of carbonyl (C=O) groups excluding carboxylic acids is 6. The van der Waals surface area contributed by atoms with Crippen LogP contribution in [0.3, 0.4) is 0 Å². The summed E-state index contributed by atoms with van der Waals surface area (Å²) in [6.45, 7) is 4.67. The highest BCUT2D eigenvalue weighted by atomic mass is 19.4. The van der Waals surface area contributed by atoms with Crippen LogP contribution in [0.15, 0.2) is 85.3 Å². The van der Waals surface area contributed by atoms with Gasteiger partial charge < -0.3 is 20.3 Å². The molecule has 0 saturated carbocycles. The Labute approximate surface area is 416 Å². The molecule has 9 rings (SSSR count). The number of amides is 6. The lowest BCUT2D eigenvalue weighted by atomic mass is 10.0. The van der Waals surface area contributed by atoms with Gasteiger partial charge in [0.25, 0.3) is 17.7 Å². The van der Waals surface area contributed by atoms with Gasteiger partial charge in [-0.3, -0.25) is 43.9 Å². The van der Waals surface area contributed by atoms with Crippen LogP contribution in [0.1, 0.15) is 90.4 Å². The Bertz CT molecular complexity index is 3190. The number of imide groups is 2. The summed E-state index contributed by atoms with van der Waals surface area (Å²) in [5.41, 5.74) is 3.48. The van der Waals surface area contributed by atoms with E-state index in [1.54, 1.807) is 75.2 Å². The number of imidazole rings is 1. The lowest BCUT2D eigenvalue weighted by Crippen LogP contribution is -2.54. The Kier molecular flexibility index (Phi) is 14.7. The van der Waals surface area contributed by atoms with E-state index in [1.807, 2.05) is 11.8 Å². The number of hydrogen-bond donors (Lipinski definition) is 3. The number of halogens is 3. The molecule has 2 saturated heterocycles. The first-order valence-corrected chi connectivity index (χ1v) is 23.7. The molecule has 3 aromatic carbocycles. The van der Waals surface area contributed by atoms with Crippen molar-refractivity contribution in [2.24, 2.45) is 0 Å². The van der Waals surface area contributed by atoms with Crippen molar-refractivity contribution >= 4 is 52.5 Å². The SMILES string of the molecule is Cc1ccc(C(=O)Nc2ccc(CN3CCN(C(=O)CCCc4cn(CCOCCNc5cccc6c5C(=O)N(C5CCC(=O)NC5=O)C6=O)nn4)CC3)c(C(F)(F)F)c2)cc1C#Cc1cnc2cccnn12. The number of benzene rings is 3. The van der Waals surface area contributed by atoms with Gasteiger partial charge in [-0.15, -0.1) is 5.10 Å². The molecule has 73 heavy (non-hydrogen) atoms. The van der Waals surface area contributed by atoms with Gasteiger partial charge in [-0.05, 0) is 91.8 Å². The van der Waals surface area contributed by atoms with E-state index in [0.29, 0.717) is 87.0 Å². The minimum atomic E-state index is -4.68. The van der Waals surface area contributed by atoms with Crippen molar-refractivity contribution in [1.29, 1.82) is 0 Å². The van der Waals surface area contributed by atoms with E-state index in [-0.39, 0.29) is 66.3 Å². The first-order valence-electron chi connectivity index (χ1n) is 23.7. The zero-order valence-electron chi connectivity index (χ0n) is 39.6. The van der Waals surface area contributed by atoms with Crippen LogP contribution < -0.4 is 16.0 Å². The fourth-order valence-corrected chi connectivity index (χ4v) is 8.92. The second kappa shape index (κ2) is 21.6. The number of ether oxygens (including phenoxy) is 1. The van der Waals surface area contributed by atoms with Crippen LogP contribution in [0, 0.1) is 18.8 Å². The van der Waals surface area contributed by atoms with Gasteiger partial charge in [0.1, 0.15) is 11.7 Å². The number of rotatable bonds is 16. The average Bonchev–Trinajstić information content (AvgIpc) is 4.08. The summed E-state index contributed by atoms with van der Waals surface area (Å²) in [6, 6.07) is 16.0. The number of nitrogens with zero attached hydrogens (tertiary/aromatic N) is 9. The normalized spacial score (nSPS) is 16.1. The summed E-state index contributed by atoms with van der Waals surface area (Å²) >= 11 is 0. The molecule has 1 unspecified atom stereocenters. The zero-order chi connectivity index (χ0) is 51.2. The molecular formula is C51H49F3N12O7. The second-order valence-electron chi connectivity index (χ2n) is 17.7. The zero-order valence-corrected chi connectivity index (χ0v) is 39.6. The van der Waals surface area contributed by atoms with Crippen LogP contribution in [0.2, 0.25) is 0 Å². The molecule has 1 atom stereocenters. The Morgan fingerprint density at radius 3 is 2.59 bits per heavy atom. The molecular weight excluding hydrogens is 950 g/mol. The molecule has 0 bridgehead atoms. The van der Waals surface area contributed by atoms with Crippen molar-refractivity contribution in [2.75, 3.05) is 56.6 Å². The predicted octanol–water partition coefficient (Wildman–Crippen LogP) is 4.50. The van der Waals surface area contributed by atoms with Gasteiger partial charge in [-0.25, -0.2) is 14.2 Å². The second-order valence-corrected chi connectivity index (χ2v) is 17.7. The van der Waals surface area contributed by atoms with Crippen LogP contribution in [0.5, 0.6) is 0 Å². The van der Waals surface area contributed by atoms with E-state index < -0.39 is 47.3 Å². The third kappa shape index (κ3) is 11.4. The Hall–Kier alpha value is -8.29. The average molecular weight is 999 g/mol. The maximum atomic E-state index is 14.4. The molecule has 6 heterocycles. The molecule has 0 aliphatic carbocycles. The van der Waals surface area contributed by atoms with Gasteiger partial charge in [0.2, 0.25) is 17.7 Å². The highest BCUT2D eigenvalue weighted by Gasteiger charge is 2.45. The van der Waals surface area contributed by atoms with Crippen LogP contribution in [-0.4, -0.2) is 132 Å². The number of carbonyl (C=O) groups is 6. The van der Waals surface area contributed by atoms with Gasteiger partial charge in [0.15, 0.2) is 5.65 Å². The quantitative estimate of drug-likeness (QED) is 0.0693. The standard InChI is InChI=1S/C51H49F3N12O7/c1-32-10-11-34(27-33(32)13-15-38-29-56-43-8-4-18-57-66(38)43)47(69)58-36-14-12-35(40(28-36)51(52,53)54)30-62-20-22-63(23-21-62)45(68)9-2-5-37-31-64(61-60-37)24-26-73-25-19-55-41-7-3-6-39-46(41)50(72)65(49(39)71)42-16-17-44(67)59-48(42)70/h3-4,6-8,10-12,14,18,27-29,31,42,55H,2,5,9,16-17,19-26,30H2,1H3,(H,58,69)(H,59,67,70). The number of alkyl halides is 3. The van der Waals surface area contributed by atoms with E-state index in [0.717, 1.165) is 16.5 Å². The lowest BCUT2D eigenvalue weighted by molar-refractivity contribution is -0.139. The molecule has 6 amide bonds. The number of hydrogen-bond acceptors (Lipinski definition) is 13. The predicted molar refractivity (Wildman–Crippen MR) is 257 cm³/mol. The van der Waals surface area contributed by atoms with Crippen molar-refractivity contribution in [3.8, 4) is 11.8 Å². The summed E-state index contributed by atoms with van der Waals surface area (Å²) in [6.07, 6.45) is 1.72. The molecule has 22 heteroatoms. The number of aromatic nitrogens is 6. The van der Waals surface area contributed by atoms with E-state index in [4.69, 9.17) is 4.74 Å². The summed E-state index contributed by atoms with van der Waals surface area (Å²) in [7, 11) is 0. The first kappa shape index (κ1) is 49.7. The highest BCUT2D eigenvalue weighted by molar-refractivity contribution is 6.25. The minimum Gasteiger partial charge on any atom is -0.382 e. The molecule has 376 valence electrons. The van der Waals surface area contributed by atoms with E-state index >= 15 is 0 Å². The molecule has 6 aromatic rings. The monoisotopic (exact) mass is 998 g/mol. The first-order chi connectivity index (χ1) is 35.2. The molecule has 3 aromatic heterocycles. The van der Waals surface area contributed by atoms with Crippen molar-refractivity contribution in [2.45, 2.75) is 64.3 Å². The topological polar surface area (TPSA) is 218 Å². The van der Waals surface area contributed by atoms with Crippen molar-refractivity contribution in [3.63, 3.8) is 0 Å². The van der Waals surface area contributed by atoms with Gasteiger partial charge >= 0.3 is 6.18 Å². The smallest absolute Gasteiger partial charge is 0.382 e. The molecule has 3 N–H and O–H groups in total. The molecule has 3 aliphatic heterocycles. The Morgan fingerprint density at radius 2 is 1.78 bits per heavy atom. The minimum absolute atomic E-state index is 0.00253.